The smallest absolute Gasteiger partial charge is 0.187 e. The maximum absolute atomic E-state index is 12.4. The van der Waals surface area contributed by atoms with E-state index in [0.29, 0.717) is 11.5 Å². The zero-order chi connectivity index (χ0) is 14.9. The van der Waals surface area contributed by atoms with E-state index in [-0.39, 0.29) is 16.0 Å². The molecule has 114 valence electrons. The molecule has 2 heterocycles. The molecule has 2 aromatic rings. The van der Waals surface area contributed by atoms with E-state index in [1.54, 1.807) is 12.5 Å². The summed E-state index contributed by atoms with van der Waals surface area (Å²) in [5.74, 6) is 0.115. The summed E-state index contributed by atoms with van der Waals surface area (Å²) in [5, 5.41) is 3.43. The van der Waals surface area contributed by atoms with Gasteiger partial charge in [0.2, 0.25) is 0 Å². The molecule has 0 amide bonds. The van der Waals surface area contributed by atoms with E-state index in [1.807, 2.05) is 10.8 Å². The van der Waals surface area contributed by atoms with E-state index in [0.717, 1.165) is 37.3 Å². The number of nitrogen functional groups attached to an aromatic ring is 1. The second-order valence-electron chi connectivity index (χ2n) is 5.05. The second-order valence-corrected chi connectivity index (χ2v) is 7.99. The van der Waals surface area contributed by atoms with Crippen molar-refractivity contribution in [2.24, 2.45) is 0 Å². The van der Waals surface area contributed by atoms with Crippen LogP contribution in [0.15, 0.2) is 23.6 Å². The van der Waals surface area contributed by atoms with Crippen LogP contribution in [-0.2, 0) is 16.4 Å². The normalized spacial score (nSPS) is 15.2. The molecule has 0 aromatic carbocycles. The first-order chi connectivity index (χ1) is 10.1. The van der Waals surface area contributed by atoms with E-state index in [4.69, 9.17) is 5.73 Å². The number of nitrogens with one attached hydrogen (secondary N) is 1. The van der Waals surface area contributed by atoms with Gasteiger partial charge in [-0.2, -0.15) is 4.37 Å². The number of aromatic nitrogens is 3. The maximum Gasteiger partial charge on any atom is 0.187 e. The number of hydrogen-bond acceptors (Lipinski definition) is 7. The first-order valence-electron chi connectivity index (χ1n) is 6.77. The Morgan fingerprint density at radius 2 is 2.29 bits per heavy atom. The molecule has 0 saturated heterocycles. The zero-order valence-corrected chi connectivity index (χ0v) is 13.0. The van der Waals surface area contributed by atoms with E-state index >= 15 is 0 Å². The molecular formula is C12H17N5O2S2. The molecule has 0 bridgehead atoms. The van der Waals surface area contributed by atoms with Gasteiger partial charge < -0.3 is 15.6 Å². The lowest BCUT2D eigenvalue weighted by Crippen LogP contribution is -2.12. The minimum absolute atomic E-state index is 0.115. The van der Waals surface area contributed by atoms with Crippen LogP contribution in [0.2, 0.25) is 0 Å². The van der Waals surface area contributed by atoms with Crippen molar-refractivity contribution in [3.8, 4) is 0 Å². The first-order valence-corrected chi connectivity index (χ1v) is 9.09. The number of nitrogens with zero attached hydrogens (tertiary/aromatic N) is 3. The lowest BCUT2D eigenvalue weighted by Gasteiger charge is -2.08. The predicted octanol–water partition coefficient (Wildman–Crippen LogP) is 1.36. The molecule has 0 unspecified atom stereocenters. The number of anilines is 2. The van der Waals surface area contributed by atoms with Crippen LogP contribution in [0.3, 0.4) is 0 Å². The minimum Gasteiger partial charge on any atom is -0.382 e. The van der Waals surface area contributed by atoms with Crippen molar-refractivity contribution in [2.45, 2.75) is 36.0 Å². The summed E-state index contributed by atoms with van der Waals surface area (Å²) >= 11 is 1.11. The predicted molar refractivity (Wildman–Crippen MR) is 82.1 cm³/mol. The lowest BCUT2D eigenvalue weighted by atomic mass is 10.4. The molecule has 3 N–H and O–H groups in total. The first kappa shape index (κ1) is 14.3. The number of imidazole rings is 1. The third-order valence-corrected chi connectivity index (χ3v) is 6.64. The Balaban J connectivity index is 1.63. The van der Waals surface area contributed by atoms with E-state index in [1.165, 1.54) is 0 Å². The summed E-state index contributed by atoms with van der Waals surface area (Å²) in [6.45, 7) is 1.49. The van der Waals surface area contributed by atoms with E-state index in [9.17, 15) is 8.42 Å². The molecule has 2 aromatic heterocycles. The third-order valence-electron chi connectivity index (χ3n) is 3.36. The number of aryl methyl sites for hydroxylation is 1. The fraction of sp³-hybridized carbons (Fsp3) is 0.500. The Labute approximate surface area is 127 Å². The molecule has 9 heteroatoms. The summed E-state index contributed by atoms with van der Waals surface area (Å²) in [4.78, 5) is 4.17. The van der Waals surface area contributed by atoms with Crippen LogP contribution in [0, 0.1) is 0 Å². The Kier molecular flexibility index (Phi) is 3.85. The summed E-state index contributed by atoms with van der Waals surface area (Å²) in [7, 11) is -3.32. The van der Waals surface area contributed by atoms with Crippen LogP contribution >= 0.6 is 11.5 Å². The molecule has 1 aliphatic rings. The SMILES string of the molecule is Nc1nsc(NCCCn2ccnc2)c1S(=O)(=O)C1CC1. The molecule has 3 rings (SSSR count). The van der Waals surface area contributed by atoms with Gasteiger partial charge in [0.05, 0.1) is 11.6 Å². The number of hydrogen-bond donors (Lipinski definition) is 2. The van der Waals surface area contributed by atoms with Crippen LogP contribution < -0.4 is 11.1 Å². The number of nitrogens with two attached hydrogens (primary N) is 1. The Bertz CT molecular complexity index is 704. The molecule has 0 radical (unpaired) electrons. The number of rotatable bonds is 7. The van der Waals surface area contributed by atoms with Crippen molar-refractivity contribution in [3.05, 3.63) is 18.7 Å². The highest BCUT2D eigenvalue weighted by molar-refractivity contribution is 7.92. The summed E-state index contributed by atoms with van der Waals surface area (Å²) < 4.78 is 30.7. The van der Waals surface area contributed by atoms with Crippen molar-refractivity contribution in [3.63, 3.8) is 0 Å². The highest BCUT2D eigenvalue weighted by Crippen LogP contribution is 2.40. The summed E-state index contributed by atoms with van der Waals surface area (Å²) in [6, 6.07) is 0. The van der Waals surface area contributed by atoms with Gasteiger partial charge in [-0.15, -0.1) is 0 Å². The largest absolute Gasteiger partial charge is 0.382 e. The van der Waals surface area contributed by atoms with Gasteiger partial charge in [-0.25, -0.2) is 13.4 Å². The van der Waals surface area contributed by atoms with Crippen molar-refractivity contribution >= 4 is 32.2 Å². The average molecular weight is 327 g/mol. The fourth-order valence-electron chi connectivity index (χ4n) is 2.11. The van der Waals surface area contributed by atoms with Gasteiger partial charge >= 0.3 is 0 Å². The second kappa shape index (κ2) is 5.64. The molecule has 0 spiro atoms. The Morgan fingerprint density at radius 1 is 1.48 bits per heavy atom. The molecule has 1 aliphatic carbocycles. The van der Waals surface area contributed by atoms with Crippen LogP contribution in [-0.4, -0.2) is 34.1 Å². The molecule has 0 aliphatic heterocycles. The van der Waals surface area contributed by atoms with E-state index in [2.05, 4.69) is 14.7 Å². The van der Waals surface area contributed by atoms with Gasteiger partial charge in [-0.3, -0.25) is 0 Å². The summed E-state index contributed by atoms with van der Waals surface area (Å²) in [5.41, 5.74) is 5.74. The van der Waals surface area contributed by atoms with Crippen LogP contribution in [0.4, 0.5) is 10.8 Å². The van der Waals surface area contributed by atoms with E-state index < -0.39 is 9.84 Å². The van der Waals surface area contributed by atoms with Crippen LogP contribution in [0.1, 0.15) is 19.3 Å². The summed E-state index contributed by atoms with van der Waals surface area (Å²) in [6.07, 6.45) is 7.69. The molecule has 1 fully saturated rings. The van der Waals surface area contributed by atoms with Crippen molar-refractivity contribution in [2.75, 3.05) is 17.6 Å². The number of sulfone groups is 1. The van der Waals surface area contributed by atoms with Gasteiger partial charge in [0.15, 0.2) is 15.7 Å². The van der Waals surface area contributed by atoms with Crippen LogP contribution in [0.25, 0.3) is 0 Å². The highest BCUT2D eigenvalue weighted by Gasteiger charge is 2.40. The average Bonchev–Trinajstić information content (AvgIpc) is 3.07. The molecule has 21 heavy (non-hydrogen) atoms. The quantitative estimate of drug-likeness (QED) is 0.744. The fourth-order valence-corrected chi connectivity index (χ4v) is 5.02. The third kappa shape index (κ3) is 3.03. The van der Waals surface area contributed by atoms with Gasteiger partial charge in [-0.1, -0.05) is 0 Å². The molecule has 1 saturated carbocycles. The zero-order valence-electron chi connectivity index (χ0n) is 11.4. The van der Waals surface area contributed by atoms with Crippen molar-refractivity contribution in [1.29, 1.82) is 0 Å². The molecular weight excluding hydrogens is 310 g/mol. The van der Waals surface area contributed by atoms with Crippen molar-refractivity contribution < 1.29 is 8.42 Å². The lowest BCUT2D eigenvalue weighted by molar-refractivity contribution is 0.595. The molecule has 7 nitrogen and oxygen atoms in total. The van der Waals surface area contributed by atoms with Gasteiger partial charge in [0, 0.05) is 25.5 Å². The topological polar surface area (TPSA) is 103 Å². The highest BCUT2D eigenvalue weighted by atomic mass is 32.2. The van der Waals surface area contributed by atoms with Gasteiger partial charge in [0.25, 0.3) is 0 Å². The standard InChI is InChI=1S/C12H17N5O2S2/c13-11-10(21(18,19)9-2-3-9)12(20-16-11)15-4-1-6-17-7-5-14-8-17/h5,7-9,15H,1-4,6H2,(H2,13,16). The van der Waals surface area contributed by atoms with Gasteiger partial charge in [0.1, 0.15) is 9.90 Å². The monoisotopic (exact) mass is 327 g/mol. The molecule has 0 atom stereocenters. The van der Waals surface area contributed by atoms with Crippen molar-refractivity contribution in [1.82, 2.24) is 13.9 Å². The Morgan fingerprint density at radius 3 is 2.95 bits per heavy atom. The van der Waals surface area contributed by atoms with Crippen LogP contribution in [0.5, 0.6) is 0 Å². The van der Waals surface area contributed by atoms with Gasteiger partial charge in [-0.05, 0) is 30.8 Å². The maximum atomic E-state index is 12.4. The minimum atomic E-state index is -3.32. The Hall–Kier alpha value is -1.61.